The van der Waals surface area contributed by atoms with Crippen LogP contribution in [0.4, 0.5) is 11.8 Å². The van der Waals surface area contributed by atoms with E-state index in [0.29, 0.717) is 11.0 Å². The largest absolute Gasteiger partial charge is 0.369 e. The molecule has 10 heteroatoms. The van der Waals surface area contributed by atoms with E-state index in [2.05, 4.69) is 46.1 Å². The van der Waals surface area contributed by atoms with Crippen molar-refractivity contribution in [3.8, 4) is 0 Å². The van der Waals surface area contributed by atoms with Crippen LogP contribution in [0.15, 0.2) is 34.0 Å². The normalized spacial score (nSPS) is 11.1. The highest BCUT2D eigenvalue weighted by molar-refractivity contribution is 9.10. The third-order valence-electron chi connectivity index (χ3n) is 2.16. The zero-order valence-electron chi connectivity index (χ0n) is 10.4. The predicted octanol–water partition coefficient (Wildman–Crippen LogP) is 1.26. The van der Waals surface area contributed by atoms with Crippen molar-refractivity contribution in [2.45, 2.75) is 11.8 Å². The summed E-state index contributed by atoms with van der Waals surface area (Å²) in [5.74, 6) is 0.155. The second kappa shape index (κ2) is 6.09. The van der Waals surface area contributed by atoms with Crippen LogP contribution in [-0.4, -0.2) is 35.1 Å². The van der Waals surface area contributed by atoms with Crippen LogP contribution in [0, 0.1) is 0 Å². The number of sulfonamides is 1. The lowest BCUT2D eigenvalue weighted by molar-refractivity contribution is 0.600. The van der Waals surface area contributed by atoms with Crippen molar-refractivity contribution in [3.05, 3.63) is 29.1 Å². The fourth-order valence-corrected chi connectivity index (χ4v) is 2.98. The first-order valence-electron chi connectivity index (χ1n) is 5.59. The quantitative estimate of drug-likeness (QED) is 0.827. The molecule has 2 N–H and O–H groups in total. The number of anilines is 2. The van der Waals surface area contributed by atoms with E-state index in [9.17, 15) is 8.42 Å². The van der Waals surface area contributed by atoms with Gasteiger partial charge in [-0.15, -0.1) is 5.10 Å². The van der Waals surface area contributed by atoms with Crippen LogP contribution >= 0.6 is 15.9 Å². The third-order valence-corrected chi connectivity index (χ3v) is 3.94. The van der Waals surface area contributed by atoms with Gasteiger partial charge in [0.2, 0.25) is 0 Å². The van der Waals surface area contributed by atoms with E-state index in [1.54, 1.807) is 0 Å². The highest BCUT2D eigenvalue weighted by Gasteiger charge is 2.21. The Labute approximate surface area is 124 Å². The lowest BCUT2D eigenvalue weighted by Crippen LogP contribution is -2.18. The first-order valence-corrected chi connectivity index (χ1v) is 7.86. The number of hydrogen-bond acceptors (Lipinski definition) is 7. The molecule has 0 unspecified atom stereocenters. The van der Waals surface area contributed by atoms with E-state index < -0.39 is 10.0 Å². The second-order valence-corrected chi connectivity index (χ2v) is 6.17. The van der Waals surface area contributed by atoms with E-state index in [-0.39, 0.29) is 16.7 Å². The third kappa shape index (κ3) is 3.39. The smallest absolute Gasteiger partial charge is 0.267 e. The maximum atomic E-state index is 12.3. The number of rotatable bonds is 5. The Morgan fingerprint density at radius 3 is 2.75 bits per heavy atom. The van der Waals surface area contributed by atoms with Crippen LogP contribution in [0.25, 0.3) is 0 Å². The highest BCUT2D eigenvalue weighted by atomic mass is 79.9. The number of aromatic nitrogens is 4. The maximum absolute atomic E-state index is 12.3. The molecule has 2 aromatic rings. The van der Waals surface area contributed by atoms with Gasteiger partial charge in [-0.1, -0.05) is 0 Å². The molecule has 0 spiro atoms. The molecule has 2 rings (SSSR count). The van der Waals surface area contributed by atoms with Crippen molar-refractivity contribution in [1.82, 2.24) is 20.2 Å². The molecule has 0 radical (unpaired) electrons. The van der Waals surface area contributed by atoms with Gasteiger partial charge in [-0.2, -0.15) is 5.10 Å². The van der Waals surface area contributed by atoms with Crippen LogP contribution in [0.3, 0.4) is 0 Å². The summed E-state index contributed by atoms with van der Waals surface area (Å²) in [6.07, 6.45) is 4.20. The molecule has 2 aromatic heterocycles. The zero-order valence-corrected chi connectivity index (χ0v) is 12.8. The van der Waals surface area contributed by atoms with Gasteiger partial charge in [0.25, 0.3) is 16.0 Å². The lowest BCUT2D eigenvalue weighted by Gasteiger charge is -2.11. The van der Waals surface area contributed by atoms with E-state index in [1.165, 1.54) is 24.7 Å². The van der Waals surface area contributed by atoms with Crippen LogP contribution in [0.1, 0.15) is 6.92 Å². The molecule has 0 aliphatic heterocycles. The van der Waals surface area contributed by atoms with Crippen molar-refractivity contribution < 1.29 is 8.42 Å². The van der Waals surface area contributed by atoms with E-state index in [4.69, 9.17) is 0 Å². The molecule has 0 atom stereocenters. The summed E-state index contributed by atoms with van der Waals surface area (Å²) in [6.45, 7) is 2.39. The van der Waals surface area contributed by atoms with Crippen LogP contribution in [0.5, 0.6) is 0 Å². The first kappa shape index (κ1) is 14.6. The fraction of sp³-hybridized carbons (Fsp3) is 0.200. The summed E-state index contributed by atoms with van der Waals surface area (Å²) in [7, 11) is -3.86. The Hall–Kier alpha value is -1.81. The number of halogens is 1. The summed E-state index contributed by atoms with van der Waals surface area (Å²) >= 11 is 3.20. The SMILES string of the molecule is CCNc1ncc(Br)cc1S(=O)(=O)Nc1nccnn1. The van der Waals surface area contributed by atoms with Gasteiger partial charge in [0, 0.05) is 17.2 Å². The van der Waals surface area contributed by atoms with E-state index >= 15 is 0 Å². The monoisotopic (exact) mass is 358 g/mol. The summed E-state index contributed by atoms with van der Waals surface area (Å²) in [5, 5.41) is 10.0. The van der Waals surface area contributed by atoms with E-state index in [1.807, 2.05) is 6.92 Å². The Balaban J connectivity index is 2.41. The highest BCUT2D eigenvalue weighted by Crippen LogP contribution is 2.24. The van der Waals surface area contributed by atoms with Crippen molar-refractivity contribution in [3.63, 3.8) is 0 Å². The first-order chi connectivity index (χ1) is 9.53. The standard InChI is InChI=1S/C10H11BrN6O2S/c1-2-12-9-8(5-7(11)6-14-9)20(18,19)17-10-13-3-4-15-16-10/h3-6H,2H2,1H3,(H,12,14)(H,13,16,17). The molecule has 20 heavy (non-hydrogen) atoms. The summed E-state index contributed by atoms with van der Waals surface area (Å²) in [6, 6.07) is 1.45. The molecule has 106 valence electrons. The van der Waals surface area contributed by atoms with Crippen LogP contribution in [-0.2, 0) is 10.0 Å². The number of nitrogens with one attached hydrogen (secondary N) is 2. The van der Waals surface area contributed by atoms with Crippen LogP contribution < -0.4 is 10.0 Å². The Kier molecular flexibility index (Phi) is 4.45. The predicted molar refractivity (Wildman–Crippen MR) is 76.7 cm³/mol. The molecule has 0 aliphatic carbocycles. The van der Waals surface area contributed by atoms with Gasteiger partial charge in [0.15, 0.2) is 0 Å². The average Bonchev–Trinajstić information content (AvgIpc) is 2.41. The van der Waals surface area contributed by atoms with Gasteiger partial charge in [-0.05, 0) is 28.9 Å². The molecule has 2 heterocycles. The molecule has 0 aromatic carbocycles. The minimum atomic E-state index is -3.86. The van der Waals surface area contributed by atoms with Gasteiger partial charge < -0.3 is 5.32 Å². The number of hydrogen-bond donors (Lipinski definition) is 2. The van der Waals surface area contributed by atoms with Crippen molar-refractivity contribution in [2.75, 3.05) is 16.6 Å². The van der Waals surface area contributed by atoms with Gasteiger partial charge in [0.05, 0.1) is 12.4 Å². The summed E-state index contributed by atoms with van der Waals surface area (Å²) in [5.41, 5.74) is 0. The molecule has 0 saturated carbocycles. The summed E-state index contributed by atoms with van der Waals surface area (Å²) in [4.78, 5) is 7.81. The van der Waals surface area contributed by atoms with Gasteiger partial charge in [-0.25, -0.2) is 23.1 Å². The Bertz CT molecular complexity index is 694. The van der Waals surface area contributed by atoms with Crippen molar-refractivity contribution in [2.24, 2.45) is 0 Å². The molecular formula is C10H11BrN6O2S. The topological polar surface area (TPSA) is 110 Å². The van der Waals surface area contributed by atoms with Crippen LogP contribution in [0.2, 0.25) is 0 Å². The molecule has 8 nitrogen and oxygen atoms in total. The number of nitrogens with zero attached hydrogens (tertiary/aromatic N) is 4. The van der Waals surface area contributed by atoms with Gasteiger partial charge >= 0.3 is 0 Å². The molecule has 0 saturated heterocycles. The van der Waals surface area contributed by atoms with Crippen molar-refractivity contribution >= 4 is 37.7 Å². The van der Waals surface area contributed by atoms with Crippen molar-refractivity contribution in [1.29, 1.82) is 0 Å². The molecule has 0 aliphatic rings. The maximum Gasteiger partial charge on any atom is 0.267 e. The fourth-order valence-electron chi connectivity index (χ4n) is 1.40. The second-order valence-electron chi connectivity index (χ2n) is 3.60. The van der Waals surface area contributed by atoms with Gasteiger partial charge in [-0.3, -0.25) is 0 Å². The minimum absolute atomic E-state index is 0.00109. The lowest BCUT2D eigenvalue weighted by atomic mass is 10.4. The zero-order chi connectivity index (χ0) is 14.6. The average molecular weight is 359 g/mol. The molecule has 0 amide bonds. The summed E-state index contributed by atoms with van der Waals surface area (Å²) < 4.78 is 27.5. The molecule has 0 bridgehead atoms. The Morgan fingerprint density at radius 1 is 1.30 bits per heavy atom. The number of pyridine rings is 1. The van der Waals surface area contributed by atoms with Gasteiger partial charge in [0.1, 0.15) is 10.7 Å². The Morgan fingerprint density at radius 2 is 2.10 bits per heavy atom. The minimum Gasteiger partial charge on any atom is -0.369 e. The molecule has 0 fully saturated rings. The van der Waals surface area contributed by atoms with E-state index in [0.717, 1.165) is 0 Å². The molecular weight excluding hydrogens is 348 g/mol.